The van der Waals surface area contributed by atoms with Gasteiger partial charge >= 0.3 is 5.97 Å². The second-order valence-electron chi connectivity index (χ2n) is 5.11. The fourth-order valence-electron chi connectivity index (χ4n) is 2.45. The van der Waals surface area contributed by atoms with Gasteiger partial charge in [0.05, 0.1) is 17.8 Å². The van der Waals surface area contributed by atoms with E-state index in [1.54, 1.807) is 36.5 Å². The molecule has 3 N–H and O–H groups in total. The minimum atomic E-state index is -1.05. The lowest BCUT2D eigenvalue weighted by Crippen LogP contribution is -2.31. The lowest BCUT2D eigenvalue weighted by molar-refractivity contribution is -0.137. The van der Waals surface area contributed by atoms with Crippen molar-refractivity contribution >= 4 is 34.5 Å². The second-order valence-corrected chi connectivity index (χ2v) is 5.51. The van der Waals surface area contributed by atoms with Crippen molar-refractivity contribution in [1.82, 2.24) is 20.3 Å². The number of nitrogens with zero attached hydrogens (tertiary/aromatic N) is 2. The van der Waals surface area contributed by atoms with Gasteiger partial charge in [-0.2, -0.15) is 0 Å². The number of carbonyl (C=O) groups excluding carboxylic acids is 1. The Hall–Kier alpha value is -2.93. The molecule has 122 valence electrons. The molecule has 2 heterocycles. The third kappa shape index (κ3) is 3.21. The zero-order chi connectivity index (χ0) is 17.1. The van der Waals surface area contributed by atoms with Crippen molar-refractivity contribution in [3.63, 3.8) is 0 Å². The molecule has 0 radical (unpaired) electrons. The van der Waals surface area contributed by atoms with Gasteiger partial charge in [-0.3, -0.25) is 9.59 Å². The number of halogens is 1. The fourth-order valence-corrected chi connectivity index (χ4v) is 2.72. The van der Waals surface area contributed by atoms with E-state index in [4.69, 9.17) is 16.7 Å². The first-order chi connectivity index (χ1) is 11.6. The number of aliphatic carboxylic acids is 1. The third-order valence-electron chi connectivity index (χ3n) is 3.53. The van der Waals surface area contributed by atoms with Crippen LogP contribution in [0.4, 0.5) is 0 Å². The normalized spacial score (nSPS) is 12.0. The van der Waals surface area contributed by atoms with Crippen molar-refractivity contribution in [1.29, 1.82) is 0 Å². The van der Waals surface area contributed by atoms with Crippen LogP contribution in [0.15, 0.2) is 42.9 Å². The number of hydrogen-bond acceptors (Lipinski definition) is 4. The predicted molar refractivity (Wildman–Crippen MR) is 87.8 cm³/mol. The summed E-state index contributed by atoms with van der Waals surface area (Å²) in [6, 6.07) is 7.71. The molecule has 1 aromatic carbocycles. The van der Waals surface area contributed by atoms with Crippen molar-refractivity contribution in [2.75, 3.05) is 0 Å². The molecule has 3 rings (SSSR count). The number of carbonyl (C=O) groups is 2. The molecule has 1 amide bonds. The number of carboxylic acids is 1. The van der Waals surface area contributed by atoms with E-state index in [-0.39, 0.29) is 12.1 Å². The zero-order valence-electron chi connectivity index (χ0n) is 12.4. The monoisotopic (exact) mass is 344 g/mol. The largest absolute Gasteiger partial charge is 0.481 e. The van der Waals surface area contributed by atoms with Crippen LogP contribution in [0.1, 0.15) is 28.5 Å². The van der Waals surface area contributed by atoms with E-state index >= 15 is 0 Å². The first kappa shape index (κ1) is 15.9. The second kappa shape index (κ2) is 6.67. The van der Waals surface area contributed by atoms with Gasteiger partial charge in [-0.05, 0) is 17.7 Å². The van der Waals surface area contributed by atoms with Crippen LogP contribution in [0.25, 0.3) is 11.0 Å². The molecule has 0 aliphatic heterocycles. The van der Waals surface area contributed by atoms with Crippen molar-refractivity contribution in [2.24, 2.45) is 0 Å². The molecule has 0 unspecified atom stereocenters. The molecule has 2 aromatic heterocycles. The van der Waals surface area contributed by atoms with Crippen molar-refractivity contribution < 1.29 is 14.7 Å². The maximum atomic E-state index is 12.6. The van der Waals surface area contributed by atoms with Crippen molar-refractivity contribution in [3.05, 3.63) is 59.1 Å². The minimum Gasteiger partial charge on any atom is -0.481 e. The fraction of sp³-hybridized carbons (Fsp3) is 0.125. The van der Waals surface area contributed by atoms with Crippen LogP contribution in [-0.4, -0.2) is 31.9 Å². The quantitative estimate of drug-likeness (QED) is 0.659. The topological polar surface area (TPSA) is 108 Å². The van der Waals surface area contributed by atoms with E-state index < -0.39 is 17.9 Å². The van der Waals surface area contributed by atoms with Crippen LogP contribution in [0.5, 0.6) is 0 Å². The lowest BCUT2D eigenvalue weighted by Gasteiger charge is -2.18. The number of H-pyrrole nitrogens is 1. The summed E-state index contributed by atoms with van der Waals surface area (Å²) < 4.78 is 0. The van der Waals surface area contributed by atoms with E-state index in [0.29, 0.717) is 21.6 Å². The maximum absolute atomic E-state index is 12.6. The summed E-state index contributed by atoms with van der Waals surface area (Å²) in [6.07, 6.45) is 2.63. The Morgan fingerprint density at radius 2 is 2.04 bits per heavy atom. The Morgan fingerprint density at radius 3 is 2.79 bits per heavy atom. The summed E-state index contributed by atoms with van der Waals surface area (Å²) in [4.78, 5) is 34.7. The molecule has 0 spiro atoms. The Morgan fingerprint density at radius 1 is 1.25 bits per heavy atom. The van der Waals surface area contributed by atoms with Gasteiger partial charge in [-0.1, -0.05) is 29.8 Å². The van der Waals surface area contributed by atoms with Crippen LogP contribution < -0.4 is 5.32 Å². The minimum absolute atomic E-state index is 0.170. The molecular weight excluding hydrogens is 332 g/mol. The highest BCUT2D eigenvalue weighted by Crippen LogP contribution is 2.26. The molecule has 0 saturated heterocycles. The summed E-state index contributed by atoms with van der Waals surface area (Å²) in [7, 11) is 0. The van der Waals surface area contributed by atoms with Crippen molar-refractivity contribution in [3.8, 4) is 0 Å². The number of fused-ring (bicyclic) bond motifs is 1. The zero-order valence-corrected chi connectivity index (χ0v) is 13.1. The lowest BCUT2D eigenvalue weighted by atomic mass is 10.0. The molecular formula is C16H13ClN4O3. The van der Waals surface area contributed by atoms with Crippen LogP contribution in [-0.2, 0) is 4.79 Å². The Kier molecular flexibility index (Phi) is 4.43. The molecule has 0 aliphatic carbocycles. The highest BCUT2D eigenvalue weighted by Gasteiger charge is 2.22. The van der Waals surface area contributed by atoms with Gasteiger partial charge in [0, 0.05) is 11.2 Å². The molecule has 0 saturated carbocycles. The number of nitrogens with one attached hydrogen (secondary N) is 2. The number of aromatic amines is 1. The number of benzene rings is 1. The van der Waals surface area contributed by atoms with Crippen LogP contribution in [0.3, 0.4) is 0 Å². The molecule has 1 atom stereocenters. The first-order valence-electron chi connectivity index (χ1n) is 7.11. The van der Waals surface area contributed by atoms with Crippen LogP contribution in [0, 0.1) is 0 Å². The number of rotatable bonds is 5. The molecule has 0 fully saturated rings. The van der Waals surface area contributed by atoms with E-state index in [1.165, 1.54) is 6.33 Å². The SMILES string of the molecule is O=C(O)C[C@H](NC(=O)c1ncnc2[nH]ccc12)c1ccccc1Cl. The van der Waals surface area contributed by atoms with E-state index in [1.807, 2.05) is 0 Å². The summed E-state index contributed by atoms with van der Waals surface area (Å²) in [6.45, 7) is 0. The summed E-state index contributed by atoms with van der Waals surface area (Å²) >= 11 is 6.13. The van der Waals surface area contributed by atoms with Gasteiger partial charge in [-0.25, -0.2) is 9.97 Å². The molecule has 0 bridgehead atoms. The van der Waals surface area contributed by atoms with E-state index in [0.717, 1.165) is 0 Å². The Bertz CT molecular complexity index is 909. The van der Waals surface area contributed by atoms with Gasteiger partial charge in [0.15, 0.2) is 0 Å². The summed E-state index contributed by atoms with van der Waals surface area (Å²) in [5, 5.41) is 12.8. The average Bonchev–Trinajstić information content (AvgIpc) is 3.02. The van der Waals surface area contributed by atoms with Crippen LogP contribution in [0.2, 0.25) is 5.02 Å². The number of amides is 1. The number of carboxylic acid groups (broad SMARTS) is 1. The molecule has 3 aromatic rings. The van der Waals surface area contributed by atoms with Gasteiger partial charge < -0.3 is 15.4 Å². The van der Waals surface area contributed by atoms with Crippen molar-refractivity contribution in [2.45, 2.75) is 12.5 Å². The molecule has 0 aliphatic rings. The highest BCUT2D eigenvalue weighted by molar-refractivity contribution is 6.31. The van der Waals surface area contributed by atoms with Gasteiger partial charge in [0.25, 0.3) is 5.91 Å². The highest BCUT2D eigenvalue weighted by atomic mass is 35.5. The number of aromatic nitrogens is 3. The third-order valence-corrected chi connectivity index (χ3v) is 3.88. The summed E-state index contributed by atoms with van der Waals surface area (Å²) in [5.74, 6) is -1.54. The Labute approximate surface area is 141 Å². The molecule has 7 nitrogen and oxygen atoms in total. The van der Waals surface area contributed by atoms with Gasteiger partial charge in [0.1, 0.15) is 17.7 Å². The first-order valence-corrected chi connectivity index (χ1v) is 7.49. The standard InChI is InChI=1S/C16H13ClN4O3/c17-11-4-2-1-3-9(11)12(7-13(22)23)21-16(24)14-10-5-6-18-15(10)20-8-19-14/h1-6,8,12H,7H2,(H,21,24)(H,22,23)(H,18,19,20)/t12-/m0/s1. The molecule has 24 heavy (non-hydrogen) atoms. The summed E-state index contributed by atoms with van der Waals surface area (Å²) in [5.41, 5.74) is 1.24. The van der Waals surface area contributed by atoms with E-state index in [9.17, 15) is 9.59 Å². The predicted octanol–water partition coefficient (Wildman–Crippen LogP) is 2.56. The molecule has 8 heteroatoms. The smallest absolute Gasteiger partial charge is 0.305 e. The Balaban J connectivity index is 1.93. The van der Waals surface area contributed by atoms with E-state index in [2.05, 4.69) is 20.3 Å². The van der Waals surface area contributed by atoms with Gasteiger partial charge in [0.2, 0.25) is 0 Å². The average molecular weight is 345 g/mol. The van der Waals surface area contributed by atoms with Crippen LogP contribution >= 0.6 is 11.6 Å². The maximum Gasteiger partial charge on any atom is 0.305 e. The van der Waals surface area contributed by atoms with Gasteiger partial charge in [-0.15, -0.1) is 0 Å². The number of hydrogen-bond donors (Lipinski definition) is 3.